The third kappa shape index (κ3) is 7.67. The van der Waals surface area contributed by atoms with Gasteiger partial charge in [-0.05, 0) is 44.5 Å². The third-order valence-corrected chi connectivity index (χ3v) is 3.08. The average molecular weight is 343 g/mol. The van der Waals surface area contributed by atoms with Crippen LogP contribution in [0.3, 0.4) is 0 Å². The summed E-state index contributed by atoms with van der Waals surface area (Å²) in [5.41, 5.74) is 1.24. The number of carbonyl (C=O) groups is 1. The Labute approximate surface area is 148 Å². The van der Waals surface area contributed by atoms with E-state index in [9.17, 15) is 4.79 Å². The van der Waals surface area contributed by atoms with Gasteiger partial charge in [-0.15, -0.1) is 0 Å². The summed E-state index contributed by atoms with van der Waals surface area (Å²) in [5.74, 6) is 0.691. The molecular weight excluding hydrogens is 318 g/mol. The smallest absolute Gasteiger partial charge is 0.412 e. The standard InChI is InChI=1S/C19H25N3O3/c1-19(2,3)25-18(23)22-16-7-4-8-17(12-16)24-11-10-21-14-15-6-5-9-20-13-15/h4-9,12-13,21H,10-11,14H2,1-3H3,(H,22,23). The zero-order chi connectivity index (χ0) is 18.1. The second-order valence-corrected chi connectivity index (χ2v) is 6.54. The van der Waals surface area contributed by atoms with Crippen LogP contribution in [-0.2, 0) is 11.3 Å². The molecule has 25 heavy (non-hydrogen) atoms. The summed E-state index contributed by atoms with van der Waals surface area (Å²) >= 11 is 0. The number of aromatic nitrogens is 1. The van der Waals surface area contributed by atoms with Crippen molar-refractivity contribution in [3.8, 4) is 5.75 Å². The van der Waals surface area contributed by atoms with Gasteiger partial charge in [0.05, 0.1) is 0 Å². The Morgan fingerprint density at radius 1 is 1.20 bits per heavy atom. The molecule has 1 heterocycles. The van der Waals surface area contributed by atoms with Crippen molar-refractivity contribution in [2.45, 2.75) is 32.9 Å². The first-order valence-corrected chi connectivity index (χ1v) is 8.25. The number of hydrogen-bond donors (Lipinski definition) is 2. The van der Waals surface area contributed by atoms with Gasteiger partial charge in [-0.2, -0.15) is 0 Å². The zero-order valence-electron chi connectivity index (χ0n) is 14.9. The number of nitrogens with zero attached hydrogens (tertiary/aromatic N) is 1. The summed E-state index contributed by atoms with van der Waals surface area (Å²) in [6.07, 6.45) is 3.10. The number of amides is 1. The van der Waals surface area contributed by atoms with Crippen molar-refractivity contribution in [1.82, 2.24) is 10.3 Å². The largest absolute Gasteiger partial charge is 0.492 e. The van der Waals surface area contributed by atoms with E-state index in [1.165, 1.54) is 0 Å². The van der Waals surface area contributed by atoms with Crippen molar-refractivity contribution in [2.75, 3.05) is 18.5 Å². The maximum absolute atomic E-state index is 11.8. The number of anilines is 1. The lowest BCUT2D eigenvalue weighted by Crippen LogP contribution is -2.27. The summed E-state index contributed by atoms with van der Waals surface area (Å²) in [6.45, 7) is 7.45. The number of ether oxygens (including phenoxy) is 2. The van der Waals surface area contributed by atoms with E-state index in [4.69, 9.17) is 9.47 Å². The molecule has 0 unspecified atom stereocenters. The minimum absolute atomic E-state index is 0.484. The van der Waals surface area contributed by atoms with Gasteiger partial charge in [-0.25, -0.2) is 4.79 Å². The lowest BCUT2D eigenvalue weighted by Gasteiger charge is -2.19. The van der Waals surface area contributed by atoms with Crippen LogP contribution in [0.2, 0.25) is 0 Å². The highest BCUT2D eigenvalue weighted by molar-refractivity contribution is 5.85. The van der Waals surface area contributed by atoms with E-state index in [2.05, 4.69) is 15.6 Å². The third-order valence-electron chi connectivity index (χ3n) is 3.08. The van der Waals surface area contributed by atoms with E-state index in [1.807, 2.05) is 51.2 Å². The Bertz CT molecular complexity index is 669. The number of pyridine rings is 1. The number of benzene rings is 1. The van der Waals surface area contributed by atoms with Crippen LogP contribution in [0.5, 0.6) is 5.75 Å². The van der Waals surface area contributed by atoms with E-state index in [0.717, 1.165) is 12.1 Å². The molecule has 0 fully saturated rings. The van der Waals surface area contributed by atoms with Gasteiger partial charge in [0, 0.05) is 37.2 Å². The van der Waals surface area contributed by atoms with Gasteiger partial charge in [-0.3, -0.25) is 10.3 Å². The molecule has 2 N–H and O–H groups in total. The minimum Gasteiger partial charge on any atom is -0.492 e. The Morgan fingerprint density at radius 3 is 2.76 bits per heavy atom. The summed E-state index contributed by atoms with van der Waals surface area (Å²) in [7, 11) is 0. The summed E-state index contributed by atoms with van der Waals surface area (Å²) < 4.78 is 10.9. The van der Waals surface area contributed by atoms with Gasteiger partial charge in [0.15, 0.2) is 0 Å². The molecule has 0 atom stereocenters. The first-order chi connectivity index (χ1) is 11.9. The van der Waals surface area contributed by atoms with Gasteiger partial charge < -0.3 is 14.8 Å². The fourth-order valence-electron chi connectivity index (χ4n) is 2.06. The van der Waals surface area contributed by atoms with Crippen LogP contribution in [0, 0.1) is 0 Å². The molecule has 0 saturated carbocycles. The van der Waals surface area contributed by atoms with Crippen molar-refractivity contribution in [1.29, 1.82) is 0 Å². The number of carbonyl (C=O) groups excluding carboxylic acids is 1. The molecule has 1 aromatic heterocycles. The molecule has 0 aliphatic heterocycles. The van der Waals surface area contributed by atoms with Gasteiger partial charge in [0.1, 0.15) is 18.0 Å². The minimum atomic E-state index is -0.530. The monoisotopic (exact) mass is 343 g/mol. The number of rotatable bonds is 7. The first kappa shape index (κ1) is 18.7. The Morgan fingerprint density at radius 2 is 2.04 bits per heavy atom. The normalized spacial score (nSPS) is 11.0. The molecule has 2 aromatic rings. The lowest BCUT2D eigenvalue weighted by atomic mass is 10.2. The summed E-state index contributed by atoms with van der Waals surface area (Å²) in [6, 6.07) is 11.2. The summed E-state index contributed by atoms with van der Waals surface area (Å²) in [4.78, 5) is 15.9. The molecule has 2 rings (SSSR count). The predicted molar refractivity (Wildman–Crippen MR) is 97.7 cm³/mol. The molecule has 1 amide bonds. The highest BCUT2D eigenvalue weighted by Gasteiger charge is 2.16. The van der Waals surface area contributed by atoms with Gasteiger partial charge in [0.2, 0.25) is 0 Å². The average Bonchev–Trinajstić information content (AvgIpc) is 2.54. The summed E-state index contributed by atoms with van der Waals surface area (Å²) in [5, 5.41) is 5.99. The van der Waals surface area contributed by atoms with Crippen LogP contribution in [0.15, 0.2) is 48.8 Å². The number of hydrogen-bond acceptors (Lipinski definition) is 5. The lowest BCUT2D eigenvalue weighted by molar-refractivity contribution is 0.0636. The van der Waals surface area contributed by atoms with Crippen LogP contribution in [0.25, 0.3) is 0 Å². The number of nitrogens with one attached hydrogen (secondary N) is 2. The second kappa shape index (κ2) is 9.03. The molecule has 0 bridgehead atoms. The molecule has 0 radical (unpaired) electrons. The van der Waals surface area contributed by atoms with Gasteiger partial charge in [-0.1, -0.05) is 12.1 Å². The van der Waals surface area contributed by atoms with E-state index in [1.54, 1.807) is 18.3 Å². The first-order valence-electron chi connectivity index (χ1n) is 8.25. The van der Waals surface area contributed by atoms with Gasteiger partial charge >= 0.3 is 6.09 Å². The zero-order valence-corrected chi connectivity index (χ0v) is 14.9. The van der Waals surface area contributed by atoms with Gasteiger partial charge in [0.25, 0.3) is 0 Å². The maximum atomic E-state index is 11.8. The Kier molecular flexibility index (Phi) is 6.77. The van der Waals surface area contributed by atoms with Crippen molar-refractivity contribution < 1.29 is 14.3 Å². The molecule has 0 aliphatic carbocycles. The molecule has 0 aliphatic rings. The van der Waals surface area contributed by atoms with E-state index in [-0.39, 0.29) is 0 Å². The SMILES string of the molecule is CC(C)(C)OC(=O)Nc1cccc(OCCNCc2cccnc2)c1. The molecule has 0 saturated heterocycles. The van der Waals surface area contributed by atoms with E-state index < -0.39 is 11.7 Å². The highest BCUT2D eigenvalue weighted by Crippen LogP contribution is 2.18. The van der Waals surface area contributed by atoms with E-state index in [0.29, 0.717) is 24.6 Å². The van der Waals surface area contributed by atoms with Crippen molar-refractivity contribution in [3.05, 3.63) is 54.4 Å². The van der Waals surface area contributed by atoms with Crippen molar-refractivity contribution in [3.63, 3.8) is 0 Å². The highest BCUT2D eigenvalue weighted by atomic mass is 16.6. The van der Waals surface area contributed by atoms with E-state index >= 15 is 0 Å². The topological polar surface area (TPSA) is 72.5 Å². The molecule has 1 aromatic carbocycles. The van der Waals surface area contributed by atoms with Crippen LogP contribution in [0.1, 0.15) is 26.3 Å². The van der Waals surface area contributed by atoms with Crippen LogP contribution in [0.4, 0.5) is 10.5 Å². The van der Waals surface area contributed by atoms with Crippen LogP contribution in [-0.4, -0.2) is 29.8 Å². The quantitative estimate of drug-likeness (QED) is 0.752. The molecule has 0 spiro atoms. The van der Waals surface area contributed by atoms with Crippen molar-refractivity contribution >= 4 is 11.8 Å². The molecular formula is C19H25N3O3. The molecule has 6 heteroatoms. The predicted octanol–water partition coefficient (Wildman–Crippen LogP) is 3.60. The molecule has 6 nitrogen and oxygen atoms in total. The van der Waals surface area contributed by atoms with Crippen LogP contribution >= 0.6 is 0 Å². The fraction of sp³-hybridized carbons (Fsp3) is 0.368. The fourth-order valence-corrected chi connectivity index (χ4v) is 2.06. The van der Waals surface area contributed by atoms with Crippen molar-refractivity contribution in [2.24, 2.45) is 0 Å². The second-order valence-electron chi connectivity index (χ2n) is 6.54. The molecule has 134 valence electrons. The maximum Gasteiger partial charge on any atom is 0.412 e. The Hall–Kier alpha value is -2.60. The van der Waals surface area contributed by atoms with Crippen LogP contribution < -0.4 is 15.4 Å². The Balaban J connectivity index is 1.72.